The van der Waals surface area contributed by atoms with Gasteiger partial charge in [0.25, 0.3) is 0 Å². The first-order chi connectivity index (χ1) is 24.8. The van der Waals surface area contributed by atoms with Gasteiger partial charge in [-0.1, -0.05) is 73.8 Å². The molecular weight excluding hydrogens is 641 g/mol. The van der Waals surface area contributed by atoms with Crippen molar-refractivity contribution in [1.82, 2.24) is 4.90 Å². The van der Waals surface area contributed by atoms with Gasteiger partial charge in [0, 0.05) is 30.0 Å². The summed E-state index contributed by atoms with van der Waals surface area (Å²) in [5.74, 6) is 8.96. The van der Waals surface area contributed by atoms with Crippen LogP contribution in [0.2, 0.25) is 0 Å². The number of likely N-dealkylation sites (N-methyl/N-ethyl adjacent to an activating group) is 1. The standard InChI is InChI=1S/C45H58NO5.Li/c1-6-7-17-41(44(47)19-12-16-38-24-28-42(49-5)29-25-38)18-11-13-36(2)43(30-33-50-34-31-45(48)51-35-32-46(3)4)40-26-22-39(23-27-40)21-20-37-14-9-8-10-15-37;/h8-10,14-15,22-30,41,43H,1,6-7,11-13,16-19,31-35H2,2-5H3;/q-3;+1. The Bertz CT molecular complexity index is 1460. The van der Waals surface area contributed by atoms with Crippen molar-refractivity contribution < 1.29 is 42.7 Å². The molecule has 0 aliphatic carbocycles. The van der Waals surface area contributed by atoms with Crippen molar-refractivity contribution in [2.24, 2.45) is 5.92 Å². The third-order valence-electron chi connectivity index (χ3n) is 9.06. The van der Waals surface area contributed by atoms with E-state index < -0.39 is 0 Å². The number of Topliss-reactive ketones (excluding diaryl/α,β-unsaturated/α-hetero) is 1. The molecule has 0 bridgehead atoms. The molecule has 0 aliphatic heterocycles. The van der Waals surface area contributed by atoms with E-state index in [1.165, 1.54) is 17.0 Å². The second-order valence-electron chi connectivity index (χ2n) is 13.4. The van der Waals surface area contributed by atoms with Gasteiger partial charge in [0.15, 0.2) is 0 Å². The molecular formula is C45H58LiNO5-2. The minimum Gasteiger partial charge on any atom is -0.497 e. The Balaban J connectivity index is 0.00000936. The first kappa shape index (κ1) is 44.8. The van der Waals surface area contributed by atoms with Crippen LogP contribution in [-0.4, -0.2) is 64.2 Å². The van der Waals surface area contributed by atoms with Gasteiger partial charge < -0.3 is 38.4 Å². The average molecular weight is 700 g/mol. The minimum atomic E-state index is -0.243. The zero-order chi connectivity index (χ0) is 36.7. The number of rotatable bonds is 24. The Kier molecular flexibility index (Phi) is 22.8. The van der Waals surface area contributed by atoms with Gasteiger partial charge in [-0.05, 0) is 81.7 Å². The molecule has 276 valence electrons. The summed E-state index contributed by atoms with van der Waals surface area (Å²) in [6.07, 6.45) is 10.2. The predicted molar refractivity (Wildman–Crippen MR) is 207 cm³/mol. The van der Waals surface area contributed by atoms with Crippen LogP contribution in [0.25, 0.3) is 0 Å². The topological polar surface area (TPSA) is 65.1 Å². The van der Waals surface area contributed by atoms with Crippen LogP contribution in [0.5, 0.6) is 5.75 Å². The van der Waals surface area contributed by atoms with Gasteiger partial charge in [-0.15, -0.1) is 5.56 Å². The van der Waals surface area contributed by atoms with Crippen molar-refractivity contribution in [3.05, 3.63) is 120 Å². The fourth-order valence-corrected chi connectivity index (χ4v) is 5.98. The molecule has 0 heterocycles. The number of carbonyl (C=O) groups is 2. The Morgan fingerprint density at radius 3 is 2.19 bits per heavy atom. The van der Waals surface area contributed by atoms with Crippen LogP contribution in [0.15, 0.2) is 78.9 Å². The van der Waals surface area contributed by atoms with Crippen LogP contribution >= 0.6 is 0 Å². The predicted octanol–water partition coefficient (Wildman–Crippen LogP) is 5.88. The molecule has 0 saturated heterocycles. The van der Waals surface area contributed by atoms with E-state index in [1.54, 1.807) is 7.11 Å². The quantitative estimate of drug-likeness (QED) is 0.0383. The fourth-order valence-electron chi connectivity index (χ4n) is 5.98. The van der Waals surface area contributed by atoms with Crippen molar-refractivity contribution in [2.75, 3.05) is 47.6 Å². The maximum absolute atomic E-state index is 13.4. The Hall–Kier alpha value is -3.32. The molecule has 3 aromatic rings. The summed E-state index contributed by atoms with van der Waals surface area (Å²) in [5, 5.41) is 0. The van der Waals surface area contributed by atoms with Gasteiger partial charge in [-0.25, -0.2) is 0 Å². The molecule has 0 amide bonds. The van der Waals surface area contributed by atoms with Gasteiger partial charge in [0.2, 0.25) is 0 Å². The molecule has 2 atom stereocenters. The van der Waals surface area contributed by atoms with E-state index in [9.17, 15) is 9.59 Å². The molecule has 0 aliphatic rings. The summed E-state index contributed by atoms with van der Waals surface area (Å²) in [4.78, 5) is 27.4. The number of hydrogen-bond acceptors (Lipinski definition) is 6. The third-order valence-corrected chi connectivity index (χ3v) is 9.06. The second-order valence-corrected chi connectivity index (χ2v) is 13.4. The number of benzene rings is 3. The number of esters is 1. The van der Waals surface area contributed by atoms with E-state index in [0.717, 1.165) is 68.2 Å². The summed E-state index contributed by atoms with van der Waals surface area (Å²) in [6, 6.07) is 26.5. The van der Waals surface area contributed by atoms with E-state index in [-0.39, 0.29) is 43.1 Å². The van der Waals surface area contributed by atoms with Crippen LogP contribution in [0.3, 0.4) is 0 Å². The average Bonchev–Trinajstić information content (AvgIpc) is 3.14. The van der Waals surface area contributed by atoms with E-state index in [2.05, 4.69) is 68.5 Å². The van der Waals surface area contributed by atoms with Crippen molar-refractivity contribution in [3.63, 3.8) is 0 Å². The maximum atomic E-state index is 13.4. The molecule has 3 rings (SSSR count). The number of nitrogens with zero attached hydrogens (tertiary/aromatic N) is 1. The van der Waals surface area contributed by atoms with E-state index >= 15 is 0 Å². The van der Waals surface area contributed by atoms with Crippen LogP contribution in [-0.2, 0) is 25.5 Å². The normalized spacial score (nSPS) is 12.1. The number of methoxy groups -OCH3 is 1. The number of aryl methyl sites for hydroxylation is 1. The molecule has 0 aromatic heterocycles. The number of carbonyl (C=O) groups excluding carboxylic acids is 2. The van der Waals surface area contributed by atoms with Gasteiger partial charge >= 0.3 is 24.8 Å². The van der Waals surface area contributed by atoms with Gasteiger partial charge in [0.1, 0.15) is 18.1 Å². The van der Waals surface area contributed by atoms with Crippen molar-refractivity contribution in [2.45, 2.75) is 77.0 Å². The molecule has 52 heavy (non-hydrogen) atoms. The SMILES string of the molecule is [CH2-]CCCC(CCC[C-](C)C([CH-]COCCC(=O)OCCN(C)C)c1ccc(C#Cc2ccccc2)cc1)C(=O)CCCc1ccc(OC)cc1.[Li+]. The van der Waals surface area contributed by atoms with Crippen LogP contribution in [0, 0.1) is 37.0 Å². The molecule has 2 unspecified atom stereocenters. The maximum Gasteiger partial charge on any atom is 1.00 e. The van der Waals surface area contributed by atoms with E-state index in [0.29, 0.717) is 38.6 Å². The molecule has 0 spiro atoms. The summed E-state index contributed by atoms with van der Waals surface area (Å²) >= 11 is 0. The first-order valence-corrected chi connectivity index (χ1v) is 18.4. The molecule has 0 fully saturated rings. The largest absolute Gasteiger partial charge is 1.00 e. The Morgan fingerprint density at radius 1 is 0.865 bits per heavy atom. The molecule has 6 nitrogen and oxygen atoms in total. The third kappa shape index (κ3) is 17.9. The minimum absolute atomic E-state index is 0. The number of unbranched alkanes of at least 4 members (excludes halogenated alkanes) is 1. The van der Waals surface area contributed by atoms with Gasteiger partial charge in [0.05, 0.1) is 20.1 Å². The van der Waals surface area contributed by atoms with Crippen molar-refractivity contribution in [1.29, 1.82) is 0 Å². The molecule has 3 aromatic carbocycles. The summed E-state index contributed by atoms with van der Waals surface area (Å²) in [7, 11) is 5.56. The molecule has 0 radical (unpaired) electrons. The number of ketones is 1. The molecule has 7 heteroatoms. The van der Waals surface area contributed by atoms with Crippen LogP contribution < -0.4 is 23.6 Å². The van der Waals surface area contributed by atoms with Gasteiger partial charge in [-0.3, -0.25) is 15.5 Å². The van der Waals surface area contributed by atoms with Crippen molar-refractivity contribution in [3.8, 4) is 17.6 Å². The zero-order valence-corrected chi connectivity index (χ0v) is 32.3. The second kappa shape index (κ2) is 26.4. The molecule has 0 saturated carbocycles. The summed E-state index contributed by atoms with van der Waals surface area (Å²) < 4.78 is 16.4. The van der Waals surface area contributed by atoms with Crippen molar-refractivity contribution >= 4 is 11.8 Å². The molecule has 0 N–H and O–H groups in total. The summed E-state index contributed by atoms with van der Waals surface area (Å²) in [6.45, 7) is 8.03. The van der Waals surface area contributed by atoms with E-state index in [4.69, 9.17) is 14.2 Å². The van der Waals surface area contributed by atoms with Crippen LogP contribution in [0.1, 0.15) is 92.9 Å². The smallest absolute Gasteiger partial charge is 0.497 e. The number of hydrogen-bond donors (Lipinski definition) is 0. The van der Waals surface area contributed by atoms with Crippen LogP contribution in [0.4, 0.5) is 0 Å². The van der Waals surface area contributed by atoms with Gasteiger partial charge in [-0.2, -0.15) is 19.8 Å². The summed E-state index contributed by atoms with van der Waals surface area (Å²) in [5.41, 5.74) is 4.35. The zero-order valence-electron chi connectivity index (χ0n) is 32.3. The first-order valence-electron chi connectivity index (χ1n) is 18.4. The monoisotopic (exact) mass is 699 g/mol. The Morgan fingerprint density at radius 2 is 1.54 bits per heavy atom. The Labute approximate surface area is 326 Å². The fraction of sp³-hybridized carbons (Fsp3) is 0.444. The number of ether oxygens (including phenoxy) is 3. The van der Waals surface area contributed by atoms with E-state index in [1.807, 2.05) is 61.5 Å².